The van der Waals surface area contributed by atoms with Crippen LogP contribution in [0.15, 0.2) is 30.3 Å². The summed E-state index contributed by atoms with van der Waals surface area (Å²) in [7, 11) is 0. The molecule has 0 heterocycles. The van der Waals surface area contributed by atoms with Crippen LogP contribution in [0.2, 0.25) is 0 Å². The Morgan fingerprint density at radius 2 is 1.40 bits per heavy atom. The largest absolute Gasteiger partial charge is 0.312 e. The predicted octanol–water partition coefficient (Wildman–Crippen LogP) is 2.76. The lowest BCUT2D eigenvalue weighted by Gasteiger charge is -2.36. The van der Waals surface area contributed by atoms with Gasteiger partial charge in [-0.3, -0.25) is 4.90 Å². The first-order chi connectivity index (χ1) is 7.04. The highest BCUT2D eigenvalue weighted by molar-refractivity contribution is 5.18. The van der Waals surface area contributed by atoms with E-state index in [0.29, 0.717) is 12.1 Å². The van der Waals surface area contributed by atoms with Gasteiger partial charge in [0, 0.05) is 12.1 Å². The molecule has 0 aliphatic carbocycles. The van der Waals surface area contributed by atoms with E-state index in [1.54, 1.807) is 0 Å². The Hall–Kier alpha value is -0.860. The summed E-state index contributed by atoms with van der Waals surface area (Å²) in [6.07, 6.45) is -0.00815. The van der Waals surface area contributed by atoms with Crippen LogP contribution in [0, 0.1) is 0 Å². The lowest BCUT2D eigenvalue weighted by molar-refractivity contribution is 0.115. The third kappa shape index (κ3) is 3.05. The lowest BCUT2D eigenvalue weighted by atomic mass is 10.1. The number of nitrogens with two attached hydrogens (primary N) is 1. The van der Waals surface area contributed by atoms with Crippen molar-refractivity contribution in [3.63, 3.8) is 0 Å². The summed E-state index contributed by atoms with van der Waals surface area (Å²) in [5, 5.41) is 0. The van der Waals surface area contributed by atoms with Gasteiger partial charge < -0.3 is 5.73 Å². The molecule has 0 saturated carbocycles. The smallest absolute Gasteiger partial charge is 0.0839 e. The molecule has 1 unspecified atom stereocenters. The fraction of sp³-hybridized carbons (Fsp3) is 0.538. The first-order valence-electron chi connectivity index (χ1n) is 5.62. The van der Waals surface area contributed by atoms with Gasteiger partial charge in [0.1, 0.15) is 0 Å². The average Bonchev–Trinajstić information content (AvgIpc) is 2.18. The highest BCUT2D eigenvalue weighted by Gasteiger charge is 2.21. The van der Waals surface area contributed by atoms with Gasteiger partial charge in [0.05, 0.1) is 6.17 Å². The quantitative estimate of drug-likeness (QED) is 0.768. The van der Waals surface area contributed by atoms with Crippen molar-refractivity contribution in [3.8, 4) is 0 Å². The molecule has 84 valence electrons. The highest BCUT2D eigenvalue weighted by Crippen LogP contribution is 2.20. The fourth-order valence-corrected chi connectivity index (χ4v) is 2.06. The maximum Gasteiger partial charge on any atom is 0.0839 e. The van der Waals surface area contributed by atoms with Crippen LogP contribution in [0.25, 0.3) is 0 Å². The van der Waals surface area contributed by atoms with E-state index in [9.17, 15) is 0 Å². The predicted molar refractivity (Wildman–Crippen MR) is 65.5 cm³/mol. The zero-order valence-electron chi connectivity index (χ0n) is 10.1. The molecule has 1 rings (SSSR count). The maximum atomic E-state index is 6.27. The molecule has 0 aromatic heterocycles. The molecule has 0 spiro atoms. The van der Waals surface area contributed by atoms with Crippen molar-refractivity contribution in [2.45, 2.75) is 45.9 Å². The second kappa shape index (κ2) is 5.29. The Labute approximate surface area is 93.1 Å². The summed E-state index contributed by atoms with van der Waals surface area (Å²) >= 11 is 0. The Morgan fingerprint density at radius 1 is 0.933 bits per heavy atom. The molecule has 0 aliphatic rings. The van der Waals surface area contributed by atoms with Gasteiger partial charge in [-0.2, -0.15) is 0 Å². The molecule has 2 heteroatoms. The van der Waals surface area contributed by atoms with Crippen molar-refractivity contribution in [3.05, 3.63) is 35.9 Å². The number of hydrogen-bond acceptors (Lipinski definition) is 2. The molecule has 2 N–H and O–H groups in total. The molecule has 2 nitrogen and oxygen atoms in total. The summed E-state index contributed by atoms with van der Waals surface area (Å²) in [5.74, 6) is 0. The first kappa shape index (κ1) is 12.2. The number of hydrogen-bond donors (Lipinski definition) is 1. The van der Waals surface area contributed by atoms with Crippen molar-refractivity contribution in [2.75, 3.05) is 0 Å². The number of nitrogens with zero attached hydrogens (tertiary/aromatic N) is 1. The van der Waals surface area contributed by atoms with Gasteiger partial charge >= 0.3 is 0 Å². The summed E-state index contributed by atoms with van der Waals surface area (Å²) in [5.41, 5.74) is 7.45. The SMILES string of the molecule is CC(C)N(C(C)C)C(N)c1ccccc1. The van der Waals surface area contributed by atoms with Crippen LogP contribution < -0.4 is 5.73 Å². The summed E-state index contributed by atoms with van der Waals surface area (Å²) in [6, 6.07) is 11.2. The molecule has 0 bridgehead atoms. The molecule has 15 heavy (non-hydrogen) atoms. The number of rotatable bonds is 4. The van der Waals surface area contributed by atoms with Gasteiger partial charge in [-0.1, -0.05) is 30.3 Å². The van der Waals surface area contributed by atoms with E-state index in [4.69, 9.17) is 5.73 Å². The molecule has 0 radical (unpaired) electrons. The zero-order chi connectivity index (χ0) is 11.4. The van der Waals surface area contributed by atoms with Crippen molar-refractivity contribution in [2.24, 2.45) is 5.73 Å². The minimum atomic E-state index is -0.00815. The van der Waals surface area contributed by atoms with E-state index >= 15 is 0 Å². The van der Waals surface area contributed by atoms with E-state index in [1.165, 1.54) is 5.56 Å². The molecular formula is C13H22N2. The van der Waals surface area contributed by atoms with Gasteiger partial charge in [-0.25, -0.2) is 0 Å². The maximum absolute atomic E-state index is 6.27. The molecule has 0 amide bonds. The monoisotopic (exact) mass is 206 g/mol. The highest BCUT2D eigenvalue weighted by atomic mass is 15.3. The minimum absolute atomic E-state index is 0.00815. The van der Waals surface area contributed by atoms with Gasteiger partial charge in [0.25, 0.3) is 0 Å². The van der Waals surface area contributed by atoms with E-state index < -0.39 is 0 Å². The van der Waals surface area contributed by atoms with Crippen LogP contribution >= 0.6 is 0 Å². The average molecular weight is 206 g/mol. The van der Waals surface area contributed by atoms with Crippen molar-refractivity contribution in [1.82, 2.24) is 4.90 Å². The third-order valence-corrected chi connectivity index (χ3v) is 2.65. The summed E-state index contributed by atoms with van der Waals surface area (Å²) < 4.78 is 0. The minimum Gasteiger partial charge on any atom is -0.312 e. The normalized spacial score (nSPS) is 13.9. The molecule has 1 atom stereocenters. The van der Waals surface area contributed by atoms with E-state index in [1.807, 2.05) is 18.2 Å². The van der Waals surface area contributed by atoms with E-state index in [0.717, 1.165) is 0 Å². The van der Waals surface area contributed by atoms with Crippen LogP contribution in [0.3, 0.4) is 0 Å². The molecule has 0 fully saturated rings. The summed E-state index contributed by atoms with van der Waals surface area (Å²) in [4.78, 5) is 2.31. The van der Waals surface area contributed by atoms with Crippen LogP contribution in [0.1, 0.15) is 39.4 Å². The topological polar surface area (TPSA) is 29.3 Å². The first-order valence-corrected chi connectivity index (χ1v) is 5.62. The van der Waals surface area contributed by atoms with Gasteiger partial charge in [0.15, 0.2) is 0 Å². The van der Waals surface area contributed by atoms with Crippen molar-refractivity contribution < 1.29 is 0 Å². The Kier molecular flexibility index (Phi) is 4.30. The lowest BCUT2D eigenvalue weighted by Crippen LogP contribution is -2.43. The second-order valence-corrected chi connectivity index (χ2v) is 4.49. The van der Waals surface area contributed by atoms with Crippen LogP contribution in [-0.2, 0) is 0 Å². The molecule has 1 aromatic rings. The van der Waals surface area contributed by atoms with Crippen LogP contribution in [0.4, 0.5) is 0 Å². The molecule has 0 saturated heterocycles. The zero-order valence-corrected chi connectivity index (χ0v) is 10.1. The third-order valence-electron chi connectivity index (χ3n) is 2.65. The Bertz CT molecular complexity index is 272. The van der Waals surface area contributed by atoms with E-state index in [-0.39, 0.29) is 6.17 Å². The molecule has 0 aliphatic heterocycles. The standard InChI is InChI=1S/C13H22N2/c1-10(2)15(11(3)4)13(14)12-8-6-5-7-9-12/h5-11,13H,14H2,1-4H3. The van der Waals surface area contributed by atoms with Gasteiger partial charge in [-0.05, 0) is 33.3 Å². The fourth-order valence-electron chi connectivity index (χ4n) is 2.06. The Morgan fingerprint density at radius 3 is 1.80 bits per heavy atom. The van der Waals surface area contributed by atoms with Gasteiger partial charge in [-0.15, -0.1) is 0 Å². The van der Waals surface area contributed by atoms with Gasteiger partial charge in [0.2, 0.25) is 0 Å². The van der Waals surface area contributed by atoms with Crippen LogP contribution in [0.5, 0.6) is 0 Å². The Balaban J connectivity index is 2.86. The molecular weight excluding hydrogens is 184 g/mol. The van der Waals surface area contributed by atoms with Crippen molar-refractivity contribution in [1.29, 1.82) is 0 Å². The summed E-state index contributed by atoms with van der Waals surface area (Å²) in [6.45, 7) is 8.73. The second-order valence-electron chi connectivity index (χ2n) is 4.49. The molecule has 1 aromatic carbocycles. The van der Waals surface area contributed by atoms with Crippen molar-refractivity contribution >= 4 is 0 Å². The van der Waals surface area contributed by atoms with Crippen LogP contribution in [-0.4, -0.2) is 17.0 Å². The number of benzene rings is 1. The van der Waals surface area contributed by atoms with E-state index in [2.05, 4.69) is 44.7 Å².